The average Bonchev–Trinajstić information content (AvgIpc) is 2.81. The van der Waals surface area contributed by atoms with Crippen LogP contribution in [0.3, 0.4) is 0 Å². The third-order valence-corrected chi connectivity index (χ3v) is 4.09. The summed E-state index contributed by atoms with van der Waals surface area (Å²) in [4.78, 5) is 47.6. The van der Waals surface area contributed by atoms with Crippen LogP contribution < -0.4 is 5.11 Å². The van der Waals surface area contributed by atoms with Crippen molar-refractivity contribution < 1.29 is 29.0 Å². The molecule has 7 nitrogen and oxygen atoms in total. The highest BCUT2D eigenvalue weighted by atomic mass is 32.2. The van der Waals surface area contributed by atoms with Crippen LogP contribution in [0.2, 0.25) is 0 Å². The number of hydrogen-bond donors (Lipinski definition) is 0. The lowest BCUT2D eigenvalue weighted by Crippen LogP contribution is -2.34. The third-order valence-electron chi connectivity index (χ3n) is 3.18. The van der Waals surface area contributed by atoms with E-state index in [0.717, 1.165) is 4.90 Å². The van der Waals surface area contributed by atoms with Crippen molar-refractivity contribution in [3.05, 3.63) is 40.3 Å². The second kappa shape index (κ2) is 7.98. The molecule has 2 rings (SSSR count). The van der Waals surface area contributed by atoms with Crippen LogP contribution in [0.4, 0.5) is 4.79 Å². The zero-order valence-corrected chi connectivity index (χ0v) is 14.5. The molecule has 2 amide bonds. The van der Waals surface area contributed by atoms with Gasteiger partial charge < -0.3 is 14.6 Å². The molecule has 0 saturated carbocycles. The number of carbonyl (C=O) groups is 4. The number of ether oxygens (including phenoxy) is 1. The lowest BCUT2D eigenvalue weighted by atomic mass is 10.1. The Hall–Kier alpha value is -2.61. The molecule has 0 atom stereocenters. The lowest BCUT2D eigenvalue weighted by molar-refractivity contribution is -0.255. The zero-order chi connectivity index (χ0) is 18.6. The van der Waals surface area contributed by atoms with E-state index in [4.69, 9.17) is 4.74 Å². The van der Waals surface area contributed by atoms with Crippen molar-refractivity contribution in [1.82, 2.24) is 4.90 Å². The van der Waals surface area contributed by atoms with Crippen LogP contribution >= 0.6 is 11.8 Å². The Morgan fingerprint density at radius 2 is 1.88 bits per heavy atom. The number of thioether (sulfide) groups is 1. The van der Waals surface area contributed by atoms with Crippen LogP contribution in [-0.4, -0.2) is 41.1 Å². The van der Waals surface area contributed by atoms with Crippen LogP contribution in [0.5, 0.6) is 0 Å². The molecule has 0 aromatic heterocycles. The minimum atomic E-state index is -1.30. The molecule has 0 bridgehead atoms. The molecule has 1 heterocycles. The summed E-state index contributed by atoms with van der Waals surface area (Å²) in [5, 5.41) is 10.2. The van der Waals surface area contributed by atoms with Gasteiger partial charge >= 0.3 is 5.97 Å². The Morgan fingerprint density at radius 1 is 1.24 bits per heavy atom. The number of carboxylic acid groups (broad SMARTS) is 1. The van der Waals surface area contributed by atoms with E-state index in [1.807, 2.05) is 13.8 Å². The van der Waals surface area contributed by atoms with Gasteiger partial charge in [-0.25, -0.2) is 0 Å². The van der Waals surface area contributed by atoms with E-state index in [9.17, 15) is 24.3 Å². The summed E-state index contributed by atoms with van der Waals surface area (Å²) in [5.74, 6) is -2.37. The summed E-state index contributed by atoms with van der Waals surface area (Å²) in [6, 6.07) is 5.68. The van der Waals surface area contributed by atoms with Gasteiger partial charge in [-0.1, -0.05) is 38.1 Å². The van der Waals surface area contributed by atoms with Crippen LogP contribution in [-0.2, 0) is 14.3 Å². The summed E-state index contributed by atoms with van der Waals surface area (Å²) in [7, 11) is 0. The maximum absolute atomic E-state index is 12.3. The SMILES string of the molecule is CC(C)COC(=O)CN1C(=O)S/C(=C\c2ccc(C(=O)[O-])cc2)C1=O. The number of esters is 1. The van der Waals surface area contributed by atoms with Crippen molar-refractivity contribution in [2.75, 3.05) is 13.2 Å². The fraction of sp³-hybridized carbons (Fsp3) is 0.294. The smallest absolute Gasteiger partial charge is 0.326 e. The van der Waals surface area contributed by atoms with Gasteiger partial charge in [-0.15, -0.1) is 0 Å². The Bertz CT molecular complexity index is 738. The quantitative estimate of drug-likeness (QED) is 0.555. The van der Waals surface area contributed by atoms with Crippen LogP contribution in [0.15, 0.2) is 29.2 Å². The molecule has 1 aliphatic rings. The van der Waals surface area contributed by atoms with Gasteiger partial charge in [0, 0.05) is 0 Å². The van der Waals surface area contributed by atoms with E-state index in [2.05, 4.69) is 0 Å². The normalized spacial score (nSPS) is 16.0. The number of amides is 2. The monoisotopic (exact) mass is 362 g/mol. The highest BCUT2D eigenvalue weighted by molar-refractivity contribution is 8.18. The van der Waals surface area contributed by atoms with Crippen LogP contribution in [0.1, 0.15) is 29.8 Å². The fourth-order valence-electron chi connectivity index (χ4n) is 1.94. The Balaban J connectivity index is 2.06. The van der Waals surface area contributed by atoms with E-state index in [1.54, 1.807) is 0 Å². The minimum Gasteiger partial charge on any atom is -0.545 e. The molecule has 1 aromatic rings. The average molecular weight is 362 g/mol. The first kappa shape index (κ1) is 18.7. The summed E-state index contributed by atoms with van der Waals surface area (Å²) in [6.45, 7) is 3.54. The van der Waals surface area contributed by atoms with Crippen molar-refractivity contribution in [2.24, 2.45) is 5.92 Å². The van der Waals surface area contributed by atoms with Gasteiger partial charge in [0.15, 0.2) is 0 Å². The topological polar surface area (TPSA) is 104 Å². The predicted octanol–water partition coefficient (Wildman–Crippen LogP) is 1.29. The number of benzene rings is 1. The van der Waals surface area contributed by atoms with Crippen molar-refractivity contribution >= 4 is 40.9 Å². The fourth-order valence-corrected chi connectivity index (χ4v) is 2.78. The van der Waals surface area contributed by atoms with E-state index >= 15 is 0 Å². The van der Waals surface area contributed by atoms with Crippen molar-refractivity contribution in [3.63, 3.8) is 0 Å². The molecule has 1 fully saturated rings. The first-order valence-corrected chi connectivity index (χ1v) is 8.32. The highest BCUT2D eigenvalue weighted by Crippen LogP contribution is 2.32. The lowest BCUT2D eigenvalue weighted by Gasteiger charge is -2.12. The van der Waals surface area contributed by atoms with Gasteiger partial charge in [0.05, 0.1) is 17.5 Å². The summed E-state index contributed by atoms with van der Waals surface area (Å²) < 4.78 is 4.98. The molecule has 1 aromatic carbocycles. The first-order chi connectivity index (χ1) is 11.8. The summed E-state index contributed by atoms with van der Waals surface area (Å²) >= 11 is 0.716. The third kappa shape index (κ3) is 4.93. The molecular weight excluding hydrogens is 346 g/mol. The molecular formula is C17H16NO6S-. The molecule has 0 radical (unpaired) electrons. The van der Waals surface area contributed by atoms with Gasteiger partial charge in [0.1, 0.15) is 6.54 Å². The van der Waals surface area contributed by atoms with E-state index in [-0.39, 0.29) is 23.0 Å². The molecule has 1 aliphatic heterocycles. The van der Waals surface area contributed by atoms with Crippen molar-refractivity contribution in [2.45, 2.75) is 13.8 Å². The van der Waals surface area contributed by atoms with Crippen LogP contribution in [0, 0.1) is 5.92 Å². The minimum absolute atomic E-state index is 0.0122. The summed E-state index contributed by atoms with van der Waals surface area (Å²) in [6.07, 6.45) is 1.46. The molecule has 0 unspecified atom stereocenters. The number of aromatic carboxylic acids is 1. The molecule has 0 aliphatic carbocycles. The molecule has 8 heteroatoms. The van der Waals surface area contributed by atoms with Gasteiger partial charge in [0.25, 0.3) is 11.1 Å². The Morgan fingerprint density at radius 3 is 2.44 bits per heavy atom. The Kier molecular flexibility index (Phi) is 5.97. The number of imide groups is 1. The van der Waals surface area contributed by atoms with Crippen molar-refractivity contribution in [1.29, 1.82) is 0 Å². The molecule has 0 spiro atoms. The maximum atomic E-state index is 12.3. The van der Waals surface area contributed by atoms with E-state index in [1.165, 1.54) is 30.3 Å². The predicted molar refractivity (Wildman–Crippen MR) is 89.2 cm³/mol. The maximum Gasteiger partial charge on any atom is 0.326 e. The van der Waals surface area contributed by atoms with Gasteiger partial charge in [-0.2, -0.15) is 0 Å². The number of rotatable bonds is 6. The van der Waals surface area contributed by atoms with E-state index < -0.39 is 29.6 Å². The second-order valence-corrected chi connectivity index (χ2v) is 6.75. The second-order valence-electron chi connectivity index (χ2n) is 5.75. The number of hydrogen-bond acceptors (Lipinski definition) is 7. The van der Waals surface area contributed by atoms with Gasteiger partial charge in [0.2, 0.25) is 0 Å². The molecule has 25 heavy (non-hydrogen) atoms. The highest BCUT2D eigenvalue weighted by Gasteiger charge is 2.36. The standard InChI is InChI=1S/C17H17NO6S/c1-10(2)9-24-14(19)8-18-15(20)13(25-17(18)23)7-11-3-5-12(6-4-11)16(21)22/h3-7,10H,8-9H2,1-2H3,(H,21,22)/p-1/b13-7-. The number of carbonyl (C=O) groups excluding carboxylic acids is 4. The molecule has 0 N–H and O–H groups in total. The van der Waals surface area contributed by atoms with E-state index in [0.29, 0.717) is 17.3 Å². The number of carboxylic acids is 1. The van der Waals surface area contributed by atoms with Gasteiger partial charge in [-0.05, 0) is 34.9 Å². The summed E-state index contributed by atoms with van der Waals surface area (Å²) in [5.41, 5.74) is 0.566. The number of nitrogens with zero attached hydrogens (tertiary/aromatic N) is 1. The van der Waals surface area contributed by atoms with Crippen molar-refractivity contribution in [3.8, 4) is 0 Å². The van der Waals surface area contributed by atoms with Gasteiger partial charge in [-0.3, -0.25) is 19.3 Å². The zero-order valence-electron chi connectivity index (χ0n) is 13.7. The molecule has 1 saturated heterocycles. The molecule has 132 valence electrons. The first-order valence-electron chi connectivity index (χ1n) is 7.50. The van der Waals surface area contributed by atoms with Crippen LogP contribution in [0.25, 0.3) is 6.08 Å². The largest absolute Gasteiger partial charge is 0.545 e. The Labute approximate surface area is 148 Å².